The second kappa shape index (κ2) is 5.50. The van der Waals surface area contributed by atoms with Crippen LogP contribution in [0.25, 0.3) is 10.2 Å². The number of rotatable bonds is 3. The first-order valence-electron chi connectivity index (χ1n) is 6.45. The molecule has 3 nitrogen and oxygen atoms in total. The summed E-state index contributed by atoms with van der Waals surface area (Å²) < 4.78 is 1.07. The van der Waals surface area contributed by atoms with E-state index in [1.54, 1.807) is 11.3 Å². The van der Waals surface area contributed by atoms with Crippen molar-refractivity contribution in [2.75, 3.05) is 5.73 Å². The first-order valence-corrected chi connectivity index (χ1v) is 8.06. The molecule has 20 heavy (non-hydrogen) atoms. The van der Waals surface area contributed by atoms with Crippen molar-refractivity contribution in [1.29, 1.82) is 0 Å². The number of benzene rings is 1. The number of hydrogen-bond acceptors (Lipinski definition) is 4. The van der Waals surface area contributed by atoms with Crippen molar-refractivity contribution >= 4 is 43.3 Å². The van der Waals surface area contributed by atoms with Crippen LogP contribution in [0.1, 0.15) is 23.2 Å². The van der Waals surface area contributed by atoms with Gasteiger partial charge in [0.15, 0.2) is 0 Å². The Labute approximate surface area is 130 Å². The third-order valence-electron chi connectivity index (χ3n) is 3.14. The van der Waals surface area contributed by atoms with Gasteiger partial charge in [0.05, 0.1) is 5.39 Å². The SMILES string of the molecule is CCc1cc2c(N)nc(Cc3ccc(Br)cc3)nc2s1. The predicted octanol–water partition coefficient (Wildman–Crippen LogP) is 4.19. The minimum absolute atomic E-state index is 0.582. The molecule has 1 aromatic carbocycles. The number of fused-ring (bicyclic) bond motifs is 1. The van der Waals surface area contributed by atoms with Gasteiger partial charge in [-0.25, -0.2) is 9.97 Å². The van der Waals surface area contributed by atoms with Crippen molar-refractivity contribution in [1.82, 2.24) is 9.97 Å². The zero-order chi connectivity index (χ0) is 14.1. The van der Waals surface area contributed by atoms with Gasteiger partial charge >= 0.3 is 0 Å². The molecule has 0 saturated heterocycles. The lowest BCUT2D eigenvalue weighted by Crippen LogP contribution is -2.00. The molecule has 0 saturated carbocycles. The molecule has 3 aromatic rings. The molecule has 2 N–H and O–H groups in total. The Bertz CT molecular complexity index is 750. The maximum absolute atomic E-state index is 6.05. The Morgan fingerprint density at radius 1 is 1.20 bits per heavy atom. The first kappa shape index (κ1) is 13.5. The van der Waals surface area contributed by atoms with E-state index in [4.69, 9.17) is 5.73 Å². The lowest BCUT2D eigenvalue weighted by Gasteiger charge is -2.03. The Morgan fingerprint density at radius 3 is 2.65 bits per heavy atom. The third kappa shape index (κ3) is 2.69. The maximum atomic E-state index is 6.05. The summed E-state index contributed by atoms with van der Waals surface area (Å²) in [5.41, 5.74) is 7.23. The zero-order valence-electron chi connectivity index (χ0n) is 11.1. The average molecular weight is 348 g/mol. The lowest BCUT2D eigenvalue weighted by atomic mass is 10.1. The molecule has 2 aromatic heterocycles. The highest BCUT2D eigenvalue weighted by Crippen LogP contribution is 2.28. The molecular formula is C15H14BrN3S. The van der Waals surface area contributed by atoms with Crippen molar-refractivity contribution in [2.45, 2.75) is 19.8 Å². The van der Waals surface area contributed by atoms with E-state index in [-0.39, 0.29) is 0 Å². The Hall–Kier alpha value is -1.46. The quantitative estimate of drug-likeness (QED) is 0.772. The maximum Gasteiger partial charge on any atom is 0.136 e. The van der Waals surface area contributed by atoms with Crippen molar-refractivity contribution in [3.8, 4) is 0 Å². The summed E-state index contributed by atoms with van der Waals surface area (Å²) in [6, 6.07) is 10.3. The van der Waals surface area contributed by atoms with Crippen LogP contribution in [0.4, 0.5) is 5.82 Å². The molecule has 0 amide bonds. The van der Waals surface area contributed by atoms with Crippen LogP contribution in [0.5, 0.6) is 0 Å². The van der Waals surface area contributed by atoms with Gasteiger partial charge in [-0.1, -0.05) is 35.0 Å². The van der Waals surface area contributed by atoms with Crippen molar-refractivity contribution in [3.05, 3.63) is 51.1 Å². The normalized spacial score (nSPS) is 11.1. The molecule has 102 valence electrons. The number of halogens is 1. The van der Waals surface area contributed by atoms with Crippen LogP contribution in [0.3, 0.4) is 0 Å². The van der Waals surface area contributed by atoms with Gasteiger partial charge < -0.3 is 5.73 Å². The number of nitrogens with zero attached hydrogens (tertiary/aromatic N) is 2. The summed E-state index contributed by atoms with van der Waals surface area (Å²) >= 11 is 5.14. The standard InChI is InChI=1S/C15H14BrN3S/c1-2-11-8-12-14(17)18-13(19-15(12)20-11)7-9-3-5-10(16)6-4-9/h3-6,8H,2,7H2,1H3,(H2,17,18,19). The highest BCUT2D eigenvalue weighted by Gasteiger charge is 2.09. The van der Waals surface area contributed by atoms with Crippen LogP contribution in [0, 0.1) is 0 Å². The highest BCUT2D eigenvalue weighted by molar-refractivity contribution is 9.10. The van der Waals surface area contributed by atoms with Crippen LogP contribution < -0.4 is 5.73 Å². The fourth-order valence-corrected chi connectivity index (χ4v) is 3.34. The zero-order valence-corrected chi connectivity index (χ0v) is 13.5. The smallest absolute Gasteiger partial charge is 0.136 e. The van der Waals surface area contributed by atoms with Crippen molar-refractivity contribution < 1.29 is 0 Å². The fourth-order valence-electron chi connectivity index (χ4n) is 2.08. The fraction of sp³-hybridized carbons (Fsp3) is 0.200. The second-order valence-electron chi connectivity index (χ2n) is 4.61. The Balaban J connectivity index is 1.97. The van der Waals surface area contributed by atoms with E-state index in [9.17, 15) is 0 Å². The van der Waals surface area contributed by atoms with Gasteiger partial charge in [-0.2, -0.15) is 0 Å². The summed E-state index contributed by atoms with van der Waals surface area (Å²) in [6.45, 7) is 2.14. The number of thiophene rings is 1. The van der Waals surface area contributed by atoms with Crippen LogP contribution in [-0.4, -0.2) is 9.97 Å². The minimum Gasteiger partial charge on any atom is -0.383 e. The number of anilines is 1. The van der Waals surface area contributed by atoms with E-state index < -0.39 is 0 Å². The molecule has 0 atom stereocenters. The number of hydrogen-bond donors (Lipinski definition) is 1. The minimum atomic E-state index is 0.582. The van der Waals surface area contributed by atoms with E-state index in [1.807, 2.05) is 12.1 Å². The van der Waals surface area contributed by atoms with Crippen molar-refractivity contribution in [3.63, 3.8) is 0 Å². The van der Waals surface area contributed by atoms with Crippen LogP contribution in [0.2, 0.25) is 0 Å². The molecule has 0 radical (unpaired) electrons. The predicted molar refractivity (Wildman–Crippen MR) is 88.2 cm³/mol. The van der Waals surface area contributed by atoms with Gasteiger partial charge in [-0.05, 0) is 30.2 Å². The van der Waals surface area contributed by atoms with E-state index in [2.05, 4.69) is 51.0 Å². The van der Waals surface area contributed by atoms with Crippen LogP contribution in [0.15, 0.2) is 34.8 Å². The van der Waals surface area contributed by atoms with Gasteiger partial charge in [0.25, 0.3) is 0 Å². The third-order valence-corrected chi connectivity index (χ3v) is 4.85. The summed E-state index contributed by atoms with van der Waals surface area (Å²) in [7, 11) is 0. The summed E-state index contributed by atoms with van der Waals surface area (Å²) in [5, 5.41) is 0.978. The van der Waals surface area contributed by atoms with Crippen LogP contribution >= 0.6 is 27.3 Å². The van der Waals surface area contributed by atoms with Gasteiger partial charge in [-0.3, -0.25) is 0 Å². The van der Waals surface area contributed by atoms with E-state index in [1.165, 1.54) is 10.4 Å². The monoisotopic (exact) mass is 347 g/mol. The van der Waals surface area contributed by atoms with E-state index in [0.717, 1.165) is 26.9 Å². The summed E-state index contributed by atoms with van der Waals surface area (Å²) in [6.07, 6.45) is 1.70. The number of aromatic nitrogens is 2. The average Bonchev–Trinajstić information content (AvgIpc) is 2.85. The molecule has 0 aliphatic heterocycles. The summed E-state index contributed by atoms with van der Waals surface area (Å²) in [5.74, 6) is 1.36. The molecule has 3 rings (SSSR count). The Morgan fingerprint density at radius 2 is 1.95 bits per heavy atom. The van der Waals surface area contributed by atoms with Gasteiger partial charge in [0, 0.05) is 15.8 Å². The van der Waals surface area contributed by atoms with E-state index >= 15 is 0 Å². The molecule has 0 fully saturated rings. The Kier molecular flexibility index (Phi) is 3.72. The van der Waals surface area contributed by atoms with E-state index in [0.29, 0.717) is 12.2 Å². The number of aryl methyl sites for hydroxylation is 1. The molecule has 0 aliphatic carbocycles. The summed E-state index contributed by atoms with van der Waals surface area (Å²) in [4.78, 5) is 11.3. The molecule has 2 heterocycles. The van der Waals surface area contributed by atoms with Gasteiger partial charge in [-0.15, -0.1) is 11.3 Å². The largest absolute Gasteiger partial charge is 0.383 e. The topological polar surface area (TPSA) is 51.8 Å². The van der Waals surface area contributed by atoms with Gasteiger partial charge in [0.1, 0.15) is 16.5 Å². The molecular weight excluding hydrogens is 334 g/mol. The molecule has 0 bridgehead atoms. The first-order chi connectivity index (χ1) is 9.65. The van der Waals surface area contributed by atoms with Crippen molar-refractivity contribution in [2.24, 2.45) is 0 Å². The molecule has 0 aliphatic rings. The highest BCUT2D eigenvalue weighted by atomic mass is 79.9. The molecule has 0 spiro atoms. The second-order valence-corrected chi connectivity index (χ2v) is 6.64. The molecule has 0 unspecified atom stereocenters. The van der Waals surface area contributed by atoms with Gasteiger partial charge in [0.2, 0.25) is 0 Å². The number of nitrogens with two attached hydrogens (primary N) is 1. The molecule has 5 heteroatoms. The van der Waals surface area contributed by atoms with Crippen LogP contribution in [-0.2, 0) is 12.8 Å². The lowest BCUT2D eigenvalue weighted by molar-refractivity contribution is 1.00. The number of nitrogen functional groups attached to an aromatic ring is 1.